The van der Waals surface area contributed by atoms with Gasteiger partial charge in [0.1, 0.15) is 5.75 Å². The first kappa shape index (κ1) is 19.9. The summed E-state index contributed by atoms with van der Waals surface area (Å²) in [5.74, 6) is -0.126. The zero-order valence-electron chi connectivity index (χ0n) is 15.5. The fraction of sp³-hybridized carbons (Fsp3) is 0.190. The number of Topliss-reactive ketones (excluding diaryl/α,β-unsaturated/α-hetero) is 1. The Hall–Kier alpha value is -3.41. The third-order valence-corrected chi connectivity index (χ3v) is 3.90. The van der Waals surface area contributed by atoms with Crippen LogP contribution in [0.2, 0.25) is 0 Å². The van der Waals surface area contributed by atoms with Gasteiger partial charge in [-0.05, 0) is 44.2 Å². The minimum absolute atomic E-state index is 0.0457. The maximum atomic E-state index is 12.2. The molecule has 6 nitrogen and oxygen atoms in total. The van der Waals surface area contributed by atoms with Gasteiger partial charge in [-0.25, -0.2) is 0 Å². The van der Waals surface area contributed by atoms with Gasteiger partial charge in [-0.2, -0.15) is 0 Å². The standard InChI is InChI=1S/C21H22N2O4/c1-14(21(26)23-18-10-8-16(9-11-18)15(2)24)12-20(25)22-13-17-6-4-5-7-19(17)27-3/h4-12H,13H2,1-3H3,(H,22,25)(H,23,26)/b14-12-. The number of ketones is 1. The third kappa shape index (κ3) is 5.81. The molecule has 140 valence electrons. The summed E-state index contributed by atoms with van der Waals surface area (Å²) < 4.78 is 5.23. The molecule has 0 aliphatic heterocycles. The molecule has 2 amide bonds. The van der Waals surface area contributed by atoms with E-state index in [1.54, 1.807) is 38.3 Å². The molecule has 0 heterocycles. The van der Waals surface area contributed by atoms with E-state index < -0.39 is 5.91 Å². The van der Waals surface area contributed by atoms with Gasteiger partial charge in [0.05, 0.1) is 7.11 Å². The molecule has 0 atom stereocenters. The molecule has 0 radical (unpaired) electrons. The predicted molar refractivity (Wildman–Crippen MR) is 104 cm³/mol. The average Bonchev–Trinajstić information content (AvgIpc) is 2.66. The first-order chi connectivity index (χ1) is 12.9. The zero-order chi connectivity index (χ0) is 19.8. The highest BCUT2D eigenvalue weighted by molar-refractivity contribution is 6.07. The van der Waals surface area contributed by atoms with Crippen LogP contribution in [0.4, 0.5) is 5.69 Å². The lowest BCUT2D eigenvalue weighted by atomic mass is 10.1. The summed E-state index contributed by atoms with van der Waals surface area (Å²) in [6.07, 6.45) is 1.24. The maximum Gasteiger partial charge on any atom is 0.251 e. The number of hydrogen-bond donors (Lipinski definition) is 2. The summed E-state index contributed by atoms with van der Waals surface area (Å²) in [5.41, 5.74) is 2.22. The van der Waals surface area contributed by atoms with E-state index in [1.807, 2.05) is 24.3 Å². The molecule has 0 aromatic heterocycles. The number of benzene rings is 2. The van der Waals surface area contributed by atoms with Crippen molar-refractivity contribution in [2.45, 2.75) is 20.4 Å². The van der Waals surface area contributed by atoms with Crippen LogP contribution in [0, 0.1) is 0 Å². The van der Waals surface area contributed by atoms with Crippen LogP contribution in [-0.4, -0.2) is 24.7 Å². The Balaban J connectivity index is 1.93. The Morgan fingerprint density at radius 1 is 1.00 bits per heavy atom. The largest absolute Gasteiger partial charge is 0.496 e. The molecule has 0 fully saturated rings. The second kappa shape index (κ2) is 9.33. The topological polar surface area (TPSA) is 84.5 Å². The number of hydrogen-bond acceptors (Lipinski definition) is 4. The molecule has 6 heteroatoms. The van der Waals surface area contributed by atoms with E-state index >= 15 is 0 Å². The van der Waals surface area contributed by atoms with Crippen LogP contribution in [0.5, 0.6) is 5.75 Å². The number of carbonyl (C=O) groups is 3. The molecule has 27 heavy (non-hydrogen) atoms. The fourth-order valence-corrected chi connectivity index (χ4v) is 2.36. The van der Waals surface area contributed by atoms with E-state index in [-0.39, 0.29) is 17.3 Å². The molecular weight excluding hydrogens is 344 g/mol. The van der Waals surface area contributed by atoms with E-state index in [0.29, 0.717) is 23.5 Å². The van der Waals surface area contributed by atoms with Gasteiger partial charge in [0.15, 0.2) is 5.78 Å². The zero-order valence-corrected chi connectivity index (χ0v) is 15.5. The molecule has 0 bridgehead atoms. The molecule has 2 rings (SSSR count). The number of nitrogens with one attached hydrogen (secondary N) is 2. The first-order valence-electron chi connectivity index (χ1n) is 8.41. The van der Waals surface area contributed by atoms with Gasteiger partial charge in [-0.3, -0.25) is 14.4 Å². The van der Waals surface area contributed by atoms with Crippen molar-refractivity contribution in [1.29, 1.82) is 0 Å². The second-order valence-electron chi connectivity index (χ2n) is 5.94. The monoisotopic (exact) mass is 366 g/mol. The summed E-state index contributed by atoms with van der Waals surface area (Å²) in [4.78, 5) is 35.5. The van der Waals surface area contributed by atoms with Crippen molar-refractivity contribution in [2.75, 3.05) is 12.4 Å². The Morgan fingerprint density at radius 3 is 2.30 bits per heavy atom. The highest BCUT2D eigenvalue weighted by Gasteiger charge is 2.09. The summed E-state index contributed by atoms with van der Waals surface area (Å²) in [7, 11) is 1.57. The van der Waals surface area contributed by atoms with E-state index in [2.05, 4.69) is 10.6 Å². The molecular formula is C21H22N2O4. The lowest BCUT2D eigenvalue weighted by molar-refractivity contribution is -0.117. The fourth-order valence-electron chi connectivity index (χ4n) is 2.36. The highest BCUT2D eigenvalue weighted by atomic mass is 16.5. The SMILES string of the molecule is COc1ccccc1CNC(=O)/C=C(/C)C(=O)Nc1ccc(C(C)=O)cc1. The van der Waals surface area contributed by atoms with Gasteiger partial charge in [-0.1, -0.05) is 18.2 Å². The highest BCUT2D eigenvalue weighted by Crippen LogP contribution is 2.16. The number of para-hydroxylation sites is 1. The van der Waals surface area contributed by atoms with Crippen LogP contribution in [-0.2, 0) is 16.1 Å². The molecule has 0 aliphatic rings. The van der Waals surface area contributed by atoms with E-state index in [1.165, 1.54) is 13.0 Å². The summed E-state index contributed by atoms with van der Waals surface area (Å²) in [6, 6.07) is 13.9. The van der Waals surface area contributed by atoms with Crippen molar-refractivity contribution in [1.82, 2.24) is 5.32 Å². The van der Waals surface area contributed by atoms with Gasteiger partial charge in [0.2, 0.25) is 5.91 Å². The molecule has 0 unspecified atom stereocenters. The van der Waals surface area contributed by atoms with Crippen molar-refractivity contribution in [2.24, 2.45) is 0 Å². The molecule has 0 saturated carbocycles. The molecule has 0 saturated heterocycles. The Kier molecular flexibility index (Phi) is 6.88. The Morgan fingerprint density at radius 2 is 1.67 bits per heavy atom. The van der Waals surface area contributed by atoms with Crippen molar-refractivity contribution < 1.29 is 19.1 Å². The van der Waals surface area contributed by atoms with Gasteiger partial charge >= 0.3 is 0 Å². The smallest absolute Gasteiger partial charge is 0.251 e. The van der Waals surface area contributed by atoms with Crippen molar-refractivity contribution in [3.63, 3.8) is 0 Å². The number of rotatable bonds is 7. The number of amides is 2. The van der Waals surface area contributed by atoms with Crippen LogP contribution in [0.1, 0.15) is 29.8 Å². The normalized spacial score (nSPS) is 10.9. The van der Waals surface area contributed by atoms with E-state index in [0.717, 1.165) is 5.56 Å². The van der Waals surface area contributed by atoms with Crippen LogP contribution < -0.4 is 15.4 Å². The minimum Gasteiger partial charge on any atom is -0.496 e. The third-order valence-electron chi connectivity index (χ3n) is 3.90. The van der Waals surface area contributed by atoms with Gasteiger partial charge < -0.3 is 15.4 Å². The maximum absolute atomic E-state index is 12.2. The molecule has 0 spiro atoms. The van der Waals surface area contributed by atoms with E-state index in [4.69, 9.17) is 4.74 Å². The second-order valence-corrected chi connectivity index (χ2v) is 5.94. The Bertz CT molecular complexity index is 870. The number of methoxy groups -OCH3 is 1. The molecule has 2 aromatic carbocycles. The van der Waals surface area contributed by atoms with Gasteiger partial charge in [0, 0.05) is 35.0 Å². The van der Waals surface area contributed by atoms with Crippen LogP contribution in [0.15, 0.2) is 60.2 Å². The molecule has 0 aliphatic carbocycles. The number of carbonyl (C=O) groups excluding carboxylic acids is 3. The lowest BCUT2D eigenvalue weighted by Crippen LogP contribution is -2.22. The predicted octanol–water partition coefficient (Wildman–Crippen LogP) is 3.10. The summed E-state index contributed by atoms with van der Waals surface area (Å²) >= 11 is 0. The Labute approximate surface area is 158 Å². The van der Waals surface area contributed by atoms with Crippen molar-refractivity contribution >= 4 is 23.3 Å². The quantitative estimate of drug-likeness (QED) is 0.582. The summed E-state index contributed by atoms with van der Waals surface area (Å²) in [6.45, 7) is 3.33. The van der Waals surface area contributed by atoms with Crippen molar-refractivity contribution in [3.05, 3.63) is 71.3 Å². The lowest BCUT2D eigenvalue weighted by Gasteiger charge is -2.09. The number of ether oxygens (including phenoxy) is 1. The van der Waals surface area contributed by atoms with Crippen LogP contribution in [0.3, 0.4) is 0 Å². The van der Waals surface area contributed by atoms with Crippen LogP contribution >= 0.6 is 0 Å². The summed E-state index contributed by atoms with van der Waals surface area (Å²) in [5, 5.41) is 5.42. The molecule has 2 aromatic rings. The minimum atomic E-state index is -0.391. The molecule has 2 N–H and O–H groups in total. The average molecular weight is 366 g/mol. The van der Waals surface area contributed by atoms with Gasteiger partial charge in [-0.15, -0.1) is 0 Å². The number of anilines is 1. The van der Waals surface area contributed by atoms with E-state index in [9.17, 15) is 14.4 Å². The van der Waals surface area contributed by atoms with Gasteiger partial charge in [0.25, 0.3) is 5.91 Å². The van der Waals surface area contributed by atoms with Crippen LogP contribution in [0.25, 0.3) is 0 Å². The van der Waals surface area contributed by atoms with Crippen molar-refractivity contribution in [3.8, 4) is 5.75 Å². The first-order valence-corrected chi connectivity index (χ1v) is 8.41.